The van der Waals surface area contributed by atoms with Crippen molar-refractivity contribution in [3.05, 3.63) is 27.7 Å². The number of nitrogens with zero attached hydrogens (tertiary/aromatic N) is 1. The molecular weight excluding hydrogens is 299 g/mol. The predicted octanol–water partition coefficient (Wildman–Crippen LogP) is 3.07. The van der Waals surface area contributed by atoms with Crippen LogP contribution in [0, 0.1) is 5.92 Å². The number of carbonyl (C=O) groups is 1. The molecule has 0 aromatic heterocycles. The van der Waals surface area contributed by atoms with E-state index in [1.54, 1.807) is 17.0 Å². The molecule has 1 atom stereocenters. The number of nitrogen functional groups attached to an aromatic ring is 1. The third kappa shape index (κ3) is 3.37. The molecule has 4 nitrogen and oxygen atoms in total. The van der Waals surface area contributed by atoms with Crippen LogP contribution in [0.4, 0.5) is 5.69 Å². The van der Waals surface area contributed by atoms with Gasteiger partial charge in [0.1, 0.15) is 0 Å². The molecule has 0 saturated carbocycles. The highest BCUT2D eigenvalue weighted by Gasteiger charge is 2.23. The number of benzene rings is 1. The van der Waals surface area contributed by atoms with Gasteiger partial charge < -0.3 is 15.4 Å². The fourth-order valence-corrected chi connectivity index (χ4v) is 2.77. The lowest BCUT2D eigenvalue weighted by molar-refractivity contribution is 0.0731. The fourth-order valence-electron chi connectivity index (χ4n) is 2.28. The first kappa shape index (κ1) is 15.4. The SMILES string of the molecule is CCN(CC1CCOC1)C(=O)c1cc(Cl)c(N)c(Cl)c1. The molecule has 2 rings (SSSR count). The first-order valence-electron chi connectivity index (χ1n) is 6.64. The van der Waals surface area contributed by atoms with Crippen molar-refractivity contribution in [2.45, 2.75) is 13.3 Å². The van der Waals surface area contributed by atoms with E-state index in [-0.39, 0.29) is 5.91 Å². The maximum Gasteiger partial charge on any atom is 0.253 e. The quantitative estimate of drug-likeness (QED) is 0.868. The molecule has 1 saturated heterocycles. The average molecular weight is 317 g/mol. The van der Waals surface area contributed by atoms with E-state index in [4.69, 9.17) is 33.7 Å². The van der Waals surface area contributed by atoms with Crippen LogP contribution in [0.1, 0.15) is 23.7 Å². The Kier molecular flexibility index (Phi) is 5.13. The molecule has 1 fully saturated rings. The van der Waals surface area contributed by atoms with Crippen LogP contribution in [-0.4, -0.2) is 37.1 Å². The van der Waals surface area contributed by atoms with E-state index in [0.29, 0.717) is 46.9 Å². The Morgan fingerprint density at radius 3 is 2.60 bits per heavy atom. The number of anilines is 1. The van der Waals surface area contributed by atoms with Gasteiger partial charge in [-0.3, -0.25) is 4.79 Å². The number of amides is 1. The molecule has 1 amide bonds. The first-order valence-corrected chi connectivity index (χ1v) is 7.40. The summed E-state index contributed by atoms with van der Waals surface area (Å²) in [6.45, 7) is 4.76. The largest absolute Gasteiger partial charge is 0.396 e. The van der Waals surface area contributed by atoms with Crippen LogP contribution in [0.25, 0.3) is 0 Å². The second-order valence-corrected chi connectivity index (χ2v) is 5.74. The lowest BCUT2D eigenvalue weighted by Crippen LogP contribution is -2.35. The summed E-state index contributed by atoms with van der Waals surface area (Å²) in [4.78, 5) is 14.3. The summed E-state index contributed by atoms with van der Waals surface area (Å²) in [6.07, 6.45) is 0.993. The van der Waals surface area contributed by atoms with E-state index in [0.717, 1.165) is 13.0 Å². The number of hydrogen-bond donors (Lipinski definition) is 1. The van der Waals surface area contributed by atoms with Gasteiger partial charge in [-0.2, -0.15) is 0 Å². The Labute approximate surface area is 128 Å². The number of halogens is 2. The van der Waals surface area contributed by atoms with Gasteiger partial charge in [-0.05, 0) is 25.5 Å². The van der Waals surface area contributed by atoms with Gasteiger partial charge in [0.15, 0.2) is 0 Å². The van der Waals surface area contributed by atoms with Crippen LogP contribution in [0.15, 0.2) is 12.1 Å². The van der Waals surface area contributed by atoms with Gasteiger partial charge in [-0.1, -0.05) is 23.2 Å². The minimum Gasteiger partial charge on any atom is -0.396 e. The minimum absolute atomic E-state index is 0.0804. The molecule has 2 N–H and O–H groups in total. The monoisotopic (exact) mass is 316 g/mol. The standard InChI is InChI=1S/C14H18Cl2N2O2/c1-2-18(7-9-3-4-20-8-9)14(19)10-5-11(15)13(17)12(16)6-10/h5-6,9H,2-4,7-8,17H2,1H3. The normalized spacial score (nSPS) is 18.2. The van der Waals surface area contributed by atoms with Crippen molar-refractivity contribution in [1.82, 2.24) is 4.90 Å². The van der Waals surface area contributed by atoms with Crippen molar-refractivity contribution in [2.75, 3.05) is 32.0 Å². The van der Waals surface area contributed by atoms with Crippen molar-refractivity contribution < 1.29 is 9.53 Å². The topological polar surface area (TPSA) is 55.6 Å². The molecule has 0 radical (unpaired) electrons. The van der Waals surface area contributed by atoms with Crippen molar-refractivity contribution in [2.24, 2.45) is 5.92 Å². The van der Waals surface area contributed by atoms with E-state index in [1.165, 1.54) is 0 Å². The summed E-state index contributed by atoms with van der Waals surface area (Å²) in [5.41, 5.74) is 6.46. The van der Waals surface area contributed by atoms with Gasteiger partial charge in [0, 0.05) is 31.2 Å². The Hall–Kier alpha value is -0.970. The maximum absolute atomic E-state index is 12.5. The van der Waals surface area contributed by atoms with Crippen LogP contribution >= 0.6 is 23.2 Å². The molecule has 1 aromatic rings. The summed E-state index contributed by atoms with van der Waals surface area (Å²) in [5, 5.41) is 0.613. The third-order valence-corrected chi connectivity index (χ3v) is 4.12. The van der Waals surface area contributed by atoms with Crippen molar-refractivity contribution >= 4 is 34.8 Å². The van der Waals surface area contributed by atoms with Crippen LogP contribution in [0.3, 0.4) is 0 Å². The smallest absolute Gasteiger partial charge is 0.253 e. The molecule has 1 unspecified atom stereocenters. The van der Waals surface area contributed by atoms with Gasteiger partial charge in [0.2, 0.25) is 0 Å². The number of rotatable bonds is 4. The molecule has 6 heteroatoms. The van der Waals surface area contributed by atoms with E-state index in [2.05, 4.69) is 0 Å². The summed E-state index contributed by atoms with van der Waals surface area (Å²) in [6, 6.07) is 3.14. The fraction of sp³-hybridized carbons (Fsp3) is 0.500. The summed E-state index contributed by atoms with van der Waals surface area (Å²) in [7, 11) is 0. The van der Waals surface area contributed by atoms with Crippen molar-refractivity contribution in [3.63, 3.8) is 0 Å². The summed E-state index contributed by atoms with van der Waals surface area (Å²) in [5.74, 6) is 0.321. The molecule has 0 spiro atoms. The molecule has 1 heterocycles. The predicted molar refractivity (Wildman–Crippen MR) is 81.4 cm³/mol. The molecule has 110 valence electrons. The van der Waals surface area contributed by atoms with E-state index >= 15 is 0 Å². The van der Waals surface area contributed by atoms with E-state index < -0.39 is 0 Å². The van der Waals surface area contributed by atoms with Gasteiger partial charge >= 0.3 is 0 Å². The number of carbonyl (C=O) groups excluding carboxylic acids is 1. The van der Waals surface area contributed by atoms with E-state index in [9.17, 15) is 4.79 Å². The maximum atomic E-state index is 12.5. The van der Waals surface area contributed by atoms with Gasteiger partial charge in [-0.25, -0.2) is 0 Å². The number of ether oxygens (including phenoxy) is 1. The second kappa shape index (κ2) is 6.66. The average Bonchev–Trinajstić information content (AvgIpc) is 2.93. The zero-order valence-electron chi connectivity index (χ0n) is 11.4. The number of nitrogens with two attached hydrogens (primary N) is 1. The number of hydrogen-bond acceptors (Lipinski definition) is 3. The molecule has 1 aliphatic heterocycles. The Morgan fingerprint density at radius 2 is 2.10 bits per heavy atom. The van der Waals surface area contributed by atoms with Crippen molar-refractivity contribution in [3.8, 4) is 0 Å². The second-order valence-electron chi connectivity index (χ2n) is 4.93. The Balaban J connectivity index is 2.15. The Morgan fingerprint density at radius 1 is 1.45 bits per heavy atom. The molecule has 20 heavy (non-hydrogen) atoms. The van der Waals surface area contributed by atoms with Crippen LogP contribution in [-0.2, 0) is 4.74 Å². The zero-order valence-corrected chi connectivity index (χ0v) is 12.9. The van der Waals surface area contributed by atoms with Gasteiger partial charge in [-0.15, -0.1) is 0 Å². The van der Waals surface area contributed by atoms with Gasteiger partial charge in [0.05, 0.1) is 22.3 Å². The van der Waals surface area contributed by atoms with Gasteiger partial charge in [0.25, 0.3) is 5.91 Å². The van der Waals surface area contributed by atoms with Crippen LogP contribution < -0.4 is 5.73 Å². The lowest BCUT2D eigenvalue weighted by Gasteiger charge is -2.24. The highest BCUT2D eigenvalue weighted by Crippen LogP contribution is 2.29. The zero-order chi connectivity index (χ0) is 14.7. The summed E-state index contributed by atoms with van der Waals surface area (Å²) >= 11 is 12.0. The minimum atomic E-state index is -0.0804. The highest BCUT2D eigenvalue weighted by molar-refractivity contribution is 6.39. The lowest BCUT2D eigenvalue weighted by atomic mass is 10.1. The Bertz CT molecular complexity index is 479. The first-order chi connectivity index (χ1) is 9.52. The molecule has 1 aliphatic rings. The molecular formula is C14H18Cl2N2O2. The van der Waals surface area contributed by atoms with Crippen LogP contribution in [0.2, 0.25) is 10.0 Å². The summed E-state index contributed by atoms with van der Waals surface area (Å²) < 4.78 is 5.35. The van der Waals surface area contributed by atoms with Crippen molar-refractivity contribution in [1.29, 1.82) is 0 Å². The van der Waals surface area contributed by atoms with E-state index in [1.807, 2.05) is 6.92 Å². The molecule has 0 bridgehead atoms. The van der Waals surface area contributed by atoms with Crippen LogP contribution in [0.5, 0.6) is 0 Å². The highest BCUT2D eigenvalue weighted by atomic mass is 35.5. The molecule has 0 aliphatic carbocycles. The molecule has 1 aromatic carbocycles. The third-order valence-electron chi connectivity index (χ3n) is 3.50.